The van der Waals surface area contributed by atoms with Crippen molar-refractivity contribution in [1.82, 2.24) is 9.80 Å². The summed E-state index contributed by atoms with van der Waals surface area (Å²) in [5, 5.41) is 11.4. The molecule has 40 heavy (non-hydrogen) atoms. The zero-order chi connectivity index (χ0) is 28.6. The maximum Gasteiger partial charge on any atom is 0.295 e. The van der Waals surface area contributed by atoms with E-state index in [9.17, 15) is 19.5 Å². The molecule has 2 aromatic carbocycles. The minimum absolute atomic E-state index is 0.0151. The van der Waals surface area contributed by atoms with E-state index in [0.29, 0.717) is 55.4 Å². The van der Waals surface area contributed by atoms with Gasteiger partial charge in [-0.15, -0.1) is 0 Å². The van der Waals surface area contributed by atoms with Gasteiger partial charge < -0.3 is 30.0 Å². The number of ketones is 1. The fourth-order valence-electron chi connectivity index (χ4n) is 4.91. The highest BCUT2D eigenvalue weighted by molar-refractivity contribution is 6.46. The monoisotopic (exact) mass is 549 g/mol. The van der Waals surface area contributed by atoms with Crippen LogP contribution in [0.1, 0.15) is 29.2 Å². The smallest absolute Gasteiger partial charge is 0.295 e. The van der Waals surface area contributed by atoms with E-state index < -0.39 is 23.6 Å². The van der Waals surface area contributed by atoms with Crippen molar-refractivity contribution in [2.45, 2.75) is 19.4 Å². The summed E-state index contributed by atoms with van der Waals surface area (Å²) in [5.74, 6) is -1.22. The van der Waals surface area contributed by atoms with Crippen molar-refractivity contribution in [3.05, 3.63) is 77.4 Å². The Morgan fingerprint density at radius 1 is 1.12 bits per heavy atom. The first kappa shape index (κ1) is 28.8. The van der Waals surface area contributed by atoms with Gasteiger partial charge in [-0.25, -0.2) is 0 Å². The predicted octanol–water partition coefficient (Wildman–Crippen LogP) is 2.57. The van der Waals surface area contributed by atoms with E-state index in [1.165, 1.54) is 4.90 Å². The average Bonchev–Trinajstić information content (AvgIpc) is 3.21. The third-order valence-corrected chi connectivity index (χ3v) is 6.90. The third kappa shape index (κ3) is 6.70. The molecular formula is C30H35N3O7. The molecule has 2 aromatic rings. The highest BCUT2D eigenvalue weighted by atomic mass is 16.5. The van der Waals surface area contributed by atoms with Crippen LogP contribution in [0.3, 0.4) is 0 Å². The Morgan fingerprint density at radius 3 is 2.50 bits per heavy atom. The fraction of sp³-hybridized carbons (Fsp3) is 0.367. The summed E-state index contributed by atoms with van der Waals surface area (Å²) in [6.07, 6.45) is 2.29. The second-order valence-electron chi connectivity index (χ2n) is 9.70. The van der Waals surface area contributed by atoms with Gasteiger partial charge in [0.25, 0.3) is 17.6 Å². The highest BCUT2D eigenvalue weighted by Gasteiger charge is 2.45. The molecule has 4 rings (SSSR count). The number of morpholine rings is 1. The van der Waals surface area contributed by atoms with Gasteiger partial charge in [-0.05, 0) is 54.8 Å². The van der Waals surface area contributed by atoms with E-state index >= 15 is 0 Å². The van der Waals surface area contributed by atoms with Crippen molar-refractivity contribution >= 4 is 23.4 Å². The first-order valence-corrected chi connectivity index (χ1v) is 13.2. The maximum atomic E-state index is 13.4. The number of carbonyl (C=O) groups is 3. The molecule has 0 spiro atoms. The Labute approximate surface area is 233 Å². The number of Topliss-reactive ketones (excluding diaryl/α,β-unsaturated/α-hetero) is 1. The summed E-state index contributed by atoms with van der Waals surface area (Å²) in [6.45, 7) is 9.62. The molecule has 2 saturated heterocycles. The van der Waals surface area contributed by atoms with E-state index in [1.54, 1.807) is 48.5 Å². The number of carbonyl (C=O) groups excluding carboxylic acids is 3. The number of rotatable bonds is 12. The molecule has 3 N–H and O–H groups in total. The zero-order valence-corrected chi connectivity index (χ0v) is 22.6. The van der Waals surface area contributed by atoms with E-state index in [1.807, 2.05) is 6.92 Å². The van der Waals surface area contributed by atoms with Gasteiger partial charge in [0.05, 0.1) is 24.8 Å². The van der Waals surface area contributed by atoms with Crippen molar-refractivity contribution in [3.63, 3.8) is 0 Å². The van der Waals surface area contributed by atoms with E-state index in [4.69, 9.17) is 19.9 Å². The van der Waals surface area contributed by atoms with Crippen LogP contribution in [0.15, 0.2) is 60.7 Å². The lowest BCUT2D eigenvalue weighted by Crippen LogP contribution is -2.38. The number of primary amides is 1. The largest absolute Gasteiger partial charge is 0.507 e. The second kappa shape index (κ2) is 13.3. The molecule has 10 nitrogen and oxygen atoms in total. The van der Waals surface area contributed by atoms with Gasteiger partial charge in [0.1, 0.15) is 23.9 Å². The molecular weight excluding hydrogens is 514 g/mol. The first-order chi connectivity index (χ1) is 19.3. The molecule has 2 fully saturated rings. The molecule has 0 aromatic heterocycles. The Morgan fingerprint density at radius 2 is 1.85 bits per heavy atom. The minimum Gasteiger partial charge on any atom is -0.507 e. The van der Waals surface area contributed by atoms with Crippen LogP contribution < -0.4 is 15.2 Å². The predicted molar refractivity (Wildman–Crippen MR) is 149 cm³/mol. The molecule has 2 amide bonds. The minimum atomic E-state index is -0.799. The van der Waals surface area contributed by atoms with Crippen molar-refractivity contribution in [3.8, 4) is 11.5 Å². The van der Waals surface area contributed by atoms with Crippen molar-refractivity contribution in [2.75, 3.05) is 52.6 Å². The van der Waals surface area contributed by atoms with Gasteiger partial charge in [-0.2, -0.15) is 0 Å². The molecule has 2 aliphatic heterocycles. The number of hydrogen-bond acceptors (Lipinski definition) is 8. The lowest BCUT2D eigenvalue weighted by molar-refractivity contribution is -0.140. The van der Waals surface area contributed by atoms with Crippen molar-refractivity contribution in [2.24, 2.45) is 5.73 Å². The summed E-state index contributed by atoms with van der Waals surface area (Å²) >= 11 is 0. The summed E-state index contributed by atoms with van der Waals surface area (Å²) in [4.78, 5) is 41.5. The van der Waals surface area contributed by atoms with E-state index in [2.05, 4.69) is 11.5 Å². The molecule has 10 heteroatoms. The standard InChI is InChI=1S/C30H35N3O7/c1-3-15-39-24-10-7-22(18-20(24)2)28(35)26-27(21-5-8-23(9-6-21)40-19-25(31)34)33(30(37)29(26)36)12-4-11-32-13-16-38-17-14-32/h3,5-10,18,27,35H,1,4,11-17,19H2,2H3,(H2,31,34). The van der Waals surface area contributed by atoms with Crippen molar-refractivity contribution < 1.29 is 33.7 Å². The van der Waals surface area contributed by atoms with Gasteiger partial charge in [0, 0.05) is 31.7 Å². The van der Waals surface area contributed by atoms with Crippen LogP contribution >= 0.6 is 0 Å². The van der Waals surface area contributed by atoms with Crippen LogP contribution in [0.25, 0.3) is 5.76 Å². The molecule has 1 atom stereocenters. The van der Waals surface area contributed by atoms with Gasteiger partial charge >= 0.3 is 0 Å². The van der Waals surface area contributed by atoms with Gasteiger partial charge in [0.2, 0.25) is 0 Å². The number of ether oxygens (including phenoxy) is 3. The van der Waals surface area contributed by atoms with E-state index in [-0.39, 0.29) is 17.9 Å². The van der Waals surface area contributed by atoms with Crippen molar-refractivity contribution in [1.29, 1.82) is 0 Å². The van der Waals surface area contributed by atoms with Crippen LogP contribution in [0.4, 0.5) is 0 Å². The number of likely N-dealkylation sites (tertiary alicyclic amines) is 1. The number of aryl methyl sites for hydroxylation is 1. The summed E-state index contributed by atoms with van der Waals surface area (Å²) < 4.78 is 16.4. The molecule has 0 saturated carbocycles. The van der Waals surface area contributed by atoms with Crippen LogP contribution in [0.5, 0.6) is 11.5 Å². The topological polar surface area (TPSA) is 132 Å². The Bertz CT molecular complexity index is 1280. The van der Waals surface area contributed by atoms with Gasteiger partial charge in [0.15, 0.2) is 6.61 Å². The lowest BCUT2D eigenvalue weighted by atomic mass is 9.94. The Kier molecular flexibility index (Phi) is 9.57. The normalized spacial score (nSPS) is 19.0. The number of aliphatic hydroxyl groups excluding tert-OH is 1. The number of nitrogens with two attached hydrogens (primary N) is 1. The SMILES string of the molecule is C=CCOc1ccc(C(O)=C2C(=O)C(=O)N(CCCN3CCOCC3)C2c2ccc(OCC(N)=O)cc2)cc1C. The highest BCUT2D eigenvalue weighted by Crippen LogP contribution is 2.40. The molecule has 0 bridgehead atoms. The summed E-state index contributed by atoms with van der Waals surface area (Å²) in [5.41, 5.74) is 6.97. The van der Waals surface area contributed by atoms with Gasteiger partial charge in [-0.1, -0.05) is 24.8 Å². The number of benzene rings is 2. The Balaban J connectivity index is 1.66. The quantitative estimate of drug-likeness (QED) is 0.179. The molecule has 0 aliphatic carbocycles. The zero-order valence-electron chi connectivity index (χ0n) is 22.6. The van der Waals surface area contributed by atoms with Crippen LogP contribution in [0, 0.1) is 6.92 Å². The number of nitrogens with zero attached hydrogens (tertiary/aromatic N) is 2. The number of aliphatic hydroxyl groups is 1. The molecule has 1 unspecified atom stereocenters. The van der Waals surface area contributed by atoms with Gasteiger partial charge in [-0.3, -0.25) is 19.3 Å². The van der Waals surface area contributed by atoms with Crippen LogP contribution in [0.2, 0.25) is 0 Å². The molecule has 2 aliphatic rings. The molecule has 2 heterocycles. The second-order valence-corrected chi connectivity index (χ2v) is 9.70. The number of hydrogen-bond donors (Lipinski definition) is 2. The third-order valence-electron chi connectivity index (χ3n) is 6.90. The molecule has 0 radical (unpaired) electrons. The lowest BCUT2D eigenvalue weighted by Gasteiger charge is -2.29. The maximum absolute atomic E-state index is 13.4. The fourth-order valence-corrected chi connectivity index (χ4v) is 4.91. The summed E-state index contributed by atoms with van der Waals surface area (Å²) in [7, 11) is 0. The summed E-state index contributed by atoms with van der Waals surface area (Å²) in [6, 6.07) is 11.0. The van der Waals surface area contributed by atoms with Crippen LogP contribution in [-0.2, 0) is 19.1 Å². The molecule has 212 valence electrons. The first-order valence-electron chi connectivity index (χ1n) is 13.2. The number of amides is 2. The van der Waals surface area contributed by atoms with Crippen LogP contribution in [-0.4, -0.2) is 85.1 Å². The average molecular weight is 550 g/mol. The Hall–Kier alpha value is -4.15. The van der Waals surface area contributed by atoms with E-state index in [0.717, 1.165) is 25.2 Å².